The third kappa shape index (κ3) is 2.99. The second kappa shape index (κ2) is 4.69. The summed E-state index contributed by atoms with van der Waals surface area (Å²) in [4.78, 5) is 0. The predicted octanol–water partition coefficient (Wildman–Crippen LogP) is 1.82. The Balaban J connectivity index is 0.0000001000. The summed E-state index contributed by atoms with van der Waals surface area (Å²) in [6.07, 6.45) is 2.88. The molecule has 2 aromatic heterocycles. The van der Waals surface area contributed by atoms with Gasteiger partial charge in [0.15, 0.2) is 0 Å². The Bertz CT molecular complexity index is 155. The van der Waals surface area contributed by atoms with Crippen LogP contribution in [0.4, 0.5) is 0 Å². The quantitative estimate of drug-likeness (QED) is 0.581. The van der Waals surface area contributed by atoms with E-state index in [0.29, 0.717) is 0 Å². The van der Waals surface area contributed by atoms with Crippen LogP contribution in [0.15, 0.2) is 39.9 Å². The maximum absolute atomic E-state index is 4.22. The minimum atomic E-state index is 1.40. The van der Waals surface area contributed by atoms with Gasteiger partial charge in [-0.15, -0.1) is 5.10 Å². The van der Waals surface area contributed by atoms with E-state index in [4.69, 9.17) is 0 Å². The molecule has 0 bridgehead atoms. The van der Waals surface area contributed by atoms with Gasteiger partial charge in [0.2, 0.25) is 0 Å². The van der Waals surface area contributed by atoms with Crippen LogP contribution >= 0.6 is 11.3 Å². The Hall–Kier alpha value is -1.16. The summed E-state index contributed by atoms with van der Waals surface area (Å²) in [6.45, 7) is 0. The van der Waals surface area contributed by atoms with E-state index in [2.05, 4.69) is 14.9 Å². The van der Waals surface area contributed by atoms with Crippen molar-refractivity contribution in [3.05, 3.63) is 35.4 Å². The van der Waals surface area contributed by atoms with Gasteiger partial charge < -0.3 is 4.52 Å². The van der Waals surface area contributed by atoms with Crippen LogP contribution in [-0.4, -0.2) is 10.4 Å². The molecule has 0 aliphatic carbocycles. The van der Waals surface area contributed by atoms with Crippen LogP contribution in [0.5, 0.6) is 0 Å². The fraction of sp³-hybridized carbons (Fsp3) is 0. The molecule has 2 rings (SSSR count). The molecule has 0 saturated heterocycles. The molecule has 2 aromatic rings. The van der Waals surface area contributed by atoms with E-state index in [9.17, 15) is 0 Å². The standard InChI is InChI=1S/C4H4S.C2H2N2O/c1-2-4-5-3-1;1-2-5-4-3-1/h1-4H;1-2H. The van der Waals surface area contributed by atoms with Crippen LogP contribution < -0.4 is 0 Å². The van der Waals surface area contributed by atoms with Crippen LogP contribution in [-0.2, 0) is 0 Å². The van der Waals surface area contributed by atoms with Gasteiger partial charge >= 0.3 is 0 Å². The number of rotatable bonds is 0. The van der Waals surface area contributed by atoms with E-state index >= 15 is 0 Å². The van der Waals surface area contributed by atoms with Gasteiger partial charge in [-0.05, 0) is 10.8 Å². The molecule has 10 heavy (non-hydrogen) atoms. The molecule has 0 radical (unpaired) electrons. The zero-order valence-corrected chi connectivity index (χ0v) is 5.99. The highest BCUT2D eigenvalue weighted by Crippen LogP contribution is 1.91. The van der Waals surface area contributed by atoms with Crippen molar-refractivity contribution in [2.24, 2.45) is 0 Å². The lowest BCUT2D eigenvalue weighted by Gasteiger charge is -1.45. The number of thiophene rings is 1. The molecule has 52 valence electrons. The summed E-state index contributed by atoms with van der Waals surface area (Å²) >= 11 is 1.71. The molecule has 0 N–H and O–H groups in total. The summed E-state index contributed by atoms with van der Waals surface area (Å²) in [5.41, 5.74) is 0. The molecule has 0 aromatic carbocycles. The summed E-state index contributed by atoms with van der Waals surface area (Å²) in [7, 11) is 0. The summed E-state index contributed by atoms with van der Waals surface area (Å²) in [6, 6.07) is 4.04. The average molecular weight is 154 g/mol. The predicted molar refractivity (Wildman–Crippen MR) is 38.6 cm³/mol. The molecule has 0 atom stereocenters. The average Bonchev–Trinajstić information content (AvgIpc) is 2.67. The molecule has 0 unspecified atom stereocenters. The normalized spacial score (nSPS) is 8.00. The van der Waals surface area contributed by atoms with Crippen molar-refractivity contribution in [2.45, 2.75) is 0 Å². The van der Waals surface area contributed by atoms with Crippen molar-refractivity contribution in [3.63, 3.8) is 0 Å². The van der Waals surface area contributed by atoms with E-state index in [-0.39, 0.29) is 0 Å². The lowest BCUT2D eigenvalue weighted by Crippen LogP contribution is -1.53. The Morgan fingerprint density at radius 2 is 2.00 bits per heavy atom. The van der Waals surface area contributed by atoms with E-state index in [0.717, 1.165) is 0 Å². The lowest BCUT2D eigenvalue weighted by atomic mass is 10.7. The maximum atomic E-state index is 4.22. The van der Waals surface area contributed by atoms with Gasteiger partial charge in [0, 0.05) is 5.27 Å². The minimum absolute atomic E-state index is 1.40. The minimum Gasteiger partial charge on any atom is -0.346 e. The van der Waals surface area contributed by atoms with Crippen LogP contribution in [0.3, 0.4) is 0 Å². The molecular formula is C6H6N2OS. The molecular weight excluding hydrogens is 148 g/mol. The molecule has 0 saturated carbocycles. The summed E-state index contributed by atoms with van der Waals surface area (Å²) in [5, 5.41) is 10.5. The first-order chi connectivity index (χ1) is 5.00. The third-order valence-electron chi connectivity index (χ3n) is 0.708. The Kier molecular flexibility index (Phi) is 3.26. The van der Waals surface area contributed by atoms with E-state index in [1.165, 1.54) is 12.5 Å². The van der Waals surface area contributed by atoms with E-state index in [1.54, 1.807) is 11.3 Å². The monoisotopic (exact) mass is 154 g/mol. The van der Waals surface area contributed by atoms with E-state index < -0.39 is 0 Å². The molecule has 0 amide bonds. The van der Waals surface area contributed by atoms with Crippen LogP contribution in [0.2, 0.25) is 0 Å². The zero-order valence-electron chi connectivity index (χ0n) is 5.18. The fourth-order valence-electron chi connectivity index (χ4n) is 0.363. The molecule has 4 heteroatoms. The molecule has 0 aliphatic rings. The highest BCUT2D eigenvalue weighted by molar-refractivity contribution is 7.07. The van der Waals surface area contributed by atoms with Gasteiger partial charge in [0.25, 0.3) is 0 Å². The summed E-state index contributed by atoms with van der Waals surface area (Å²) in [5.74, 6) is 0. The van der Waals surface area contributed by atoms with Crippen molar-refractivity contribution in [3.8, 4) is 0 Å². The smallest absolute Gasteiger partial charge is 0.144 e. The van der Waals surface area contributed by atoms with Gasteiger partial charge in [-0.1, -0.05) is 12.1 Å². The number of hydrogen-bond acceptors (Lipinski definition) is 4. The second-order valence-electron chi connectivity index (χ2n) is 1.38. The first-order valence-electron chi connectivity index (χ1n) is 2.68. The molecule has 0 aliphatic heterocycles. The van der Waals surface area contributed by atoms with Crippen molar-refractivity contribution in [1.29, 1.82) is 0 Å². The molecule has 0 fully saturated rings. The number of hydrogen-bond donors (Lipinski definition) is 0. The number of aromatic nitrogens is 2. The maximum Gasteiger partial charge on any atom is 0.144 e. The van der Waals surface area contributed by atoms with Crippen molar-refractivity contribution in [1.82, 2.24) is 10.4 Å². The van der Waals surface area contributed by atoms with Gasteiger partial charge in [-0.3, -0.25) is 0 Å². The zero-order chi connectivity index (χ0) is 7.07. The largest absolute Gasteiger partial charge is 0.346 e. The van der Waals surface area contributed by atoms with Gasteiger partial charge in [-0.25, -0.2) is 0 Å². The first kappa shape index (κ1) is 6.95. The first-order valence-corrected chi connectivity index (χ1v) is 3.62. The molecule has 0 spiro atoms. The Morgan fingerprint density at radius 3 is 2.20 bits per heavy atom. The second-order valence-corrected chi connectivity index (χ2v) is 2.20. The highest BCUT2D eigenvalue weighted by atomic mass is 32.1. The van der Waals surface area contributed by atoms with Gasteiger partial charge in [-0.2, -0.15) is 11.3 Å². The van der Waals surface area contributed by atoms with Crippen molar-refractivity contribution >= 4 is 11.3 Å². The fourth-order valence-corrected chi connectivity index (χ4v) is 0.816. The van der Waals surface area contributed by atoms with Gasteiger partial charge in [0.1, 0.15) is 6.26 Å². The molecule has 2 heterocycles. The number of nitrogens with zero attached hydrogens (tertiary/aromatic N) is 2. The van der Waals surface area contributed by atoms with Crippen molar-refractivity contribution < 1.29 is 4.52 Å². The van der Waals surface area contributed by atoms with Crippen LogP contribution in [0.25, 0.3) is 0 Å². The Labute approximate surface area is 62.3 Å². The van der Waals surface area contributed by atoms with Crippen LogP contribution in [0.1, 0.15) is 0 Å². The van der Waals surface area contributed by atoms with Crippen LogP contribution in [0, 0.1) is 0 Å². The third-order valence-corrected chi connectivity index (χ3v) is 1.34. The Morgan fingerprint density at radius 1 is 1.20 bits per heavy atom. The van der Waals surface area contributed by atoms with Gasteiger partial charge in [0.05, 0.1) is 6.20 Å². The summed E-state index contributed by atoms with van der Waals surface area (Å²) < 4.78 is 4.22. The SMILES string of the molecule is c1ccsc1.c1conn1. The highest BCUT2D eigenvalue weighted by Gasteiger charge is 1.61. The molecule has 3 nitrogen and oxygen atoms in total. The topological polar surface area (TPSA) is 38.9 Å². The van der Waals surface area contributed by atoms with Crippen molar-refractivity contribution in [2.75, 3.05) is 0 Å². The van der Waals surface area contributed by atoms with E-state index in [1.807, 2.05) is 22.9 Å². The lowest BCUT2D eigenvalue weighted by molar-refractivity contribution is 0.393.